The van der Waals surface area contributed by atoms with Crippen LogP contribution in [-0.2, 0) is 6.54 Å². The summed E-state index contributed by atoms with van der Waals surface area (Å²) in [6, 6.07) is 1.68. The molecule has 102 valence electrons. The molecule has 3 aliphatic rings. The minimum Gasteiger partial charge on any atom is -0.311 e. The molecule has 0 aromatic carbocycles. The third-order valence-electron chi connectivity index (χ3n) is 4.75. The molecule has 4 nitrogen and oxygen atoms in total. The maximum Gasteiger partial charge on any atom is 0.0727 e. The minimum atomic E-state index is 0.644. The summed E-state index contributed by atoms with van der Waals surface area (Å²) in [5.74, 6) is 0. The van der Waals surface area contributed by atoms with E-state index in [2.05, 4.69) is 20.2 Å². The smallest absolute Gasteiger partial charge is 0.0727 e. The van der Waals surface area contributed by atoms with Crippen molar-refractivity contribution in [1.29, 1.82) is 0 Å². The average molecular weight is 258 g/mol. The predicted molar refractivity (Wildman–Crippen MR) is 73.7 cm³/mol. The lowest BCUT2D eigenvalue weighted by Gasteiger charge is -2.59. The Kier molecular flexibility index (Phi) is 2.64. The highest BCUT2D eigenvalue weighted by atomic mass is 15.2. The first kappa shape index (κ1) is 11.8. The van der Waals surface area contributed by atoms with Crippen LogP contribution in [0.25, 0.3) is 0 Å². The van der Waals surface area contributed by atoms with Crippen molar-refractivity contribution in [3.63, 3.8) is 0 Å². The summed E-state index contributed by atoms with van der Waals surface area (Å²) in [5.41, 5.74) is 2.74. The molecule has 1 aromatic rings. The molecule has 0 bridgehead atoms. The molecule has 3 fully saturated rings. The van der Waals surface area contributed by atoms with Gasteiger partial charge in [-0.25, -0.2) is 0 Å². The molecule has 2 heterocycles. The Morgan fingerprint density at radius 3 is 2.63 bits per heavy atom. The van der Waals surface area contributed by atoms with Crippen LogP contribution in [0.1, 0.15) is 37.1 Å². The van der Waals surface area contributed by atoms with E-state index in [-0.39, 0.29) is 0 Å². The predicted octanol–water partition coefficient (Wildman–Crippen LogP) is 1.50. The fraction of sp³-hybridized carbons (Fsp3) is 0.733. The molecule has 0 atom stereocenters. The van der Waals surface area contributed by atoms with Crippen molar-refractivity contribution in [2.24, 2.45) is 5.41 Å². The Labute approximate surface area is 114 Å². The van der Waals surface area contributed by atoms with E-state index < -0.39 is 0 Å². The summed E-state index contributed by atoms with van der Waals surface area (Å²) >= 11 is 0. The monoisotopic (exact) mass is 258 g/mol. The van der Waals surface area contributed by atoms with Gasteiger partial charge in [-0.05, 0) is 38.0 Å². The van der Waals surface area contributed by atoms with E-state index in [1.54, 1.807) is 0 Å². The van der Waals surface area contributed by atoms with Gasteiger partial charge in [0.05, 0.1) is 11.4 Å². The second-order valence-corrected chi connectivity index (χ2v) is 6.84. The van der Waals surface area contributed by atoms with Crippen molar-refractivity contribution in [2.75, 3.05) is 13.1 Å². The third-order valence-corrected chi connectivity index (χ3v) is 4.75. The topological polar surface area (TPSA) is 41.1 Å². The Bertz CT molecular complexity index is 452. The first-order valence-corrected chi connectivity index (χ1v) is 7.47. The van der Waals surface area contributed by atoms with Crippen LogP contribution < -0.4 is 5.32 Å². The lowest BCUT2D eigenvalue weighted by Crippen LogP contribution is -2.65. The zero-order chi connectivity index (χ0) is 12.9. The molecule has 1 spiro atoms. The van der Waals surface area contributed by atoms with Gasteiger partial charge < -0.3 is 5.32 Å². The zero-order valence-electron chi connectivity index (χ0n) is 11.6. The van der Waals surface area contributed by atoms with Crippen LogP contribution >= 0.6 is 0 Å². The number of rotatable bonds is 4. The summed E-state index contributed by atoms with van der Waals surface area (Å²) in [6.45, 7) is 5.46. The maximum absolute atomic E-state index is 4.44. The molecule has 1 aliphatic heterocycles. The van der Waals surface area contributed by atoms with E-state index >= 15 is 0 Å². The van der Waals surface area contributed by atoms with Gasteiger partial charge >= 0.3 is 0 Å². The Hall–Kier alpha value is -1.00. The molecule has 1 N–H and O–H groups in total. The van der Waals surface area contributed by atoms with Crippen molar-refractivity contribution in [3.05, 3.63) is 23.8 Å². The number of nitrogens with one attached hydrogen (secondary N) is 1. The molecular formula is C15H22N4. The SMILES string of the molecule is Cc1cnc(CN2CC3(CC(NC4CC4)C3)C2)cn1. The Morgan fingerprint density at radius 2 is 2.00 bits per heavy atom. The molecule has 0 unspecified atom stereocenters. The molecule has 4 rings (SSSR count). The molecule has 2 aliphatic carbocycles. The first-order valence-electron chi connectivity index (χ1n) is 7.47. The molecule has 1 aromatic heterocycles. The van der Waals surface area contributed by atoms with Gasteiger partial charge in [-0.3, -0.25) is 14.9 Å². The molecule has 0 radical (unpaired) electrons. The second-order valence-electron chi connectivity index (χ2n) is 6.84. The normalized spacial score (nSPS) is 26.2. The molecule has 4 heteroatoms. The van der Waals surface area contributed by atoms with Gasteiger partial charge in [-0.15, -0.1) is 0 Å². The number of nitrogens with zero attached hydrogens (tertiary/aromatic N) is 3. The fourth-order valence-corrected chi connectivity index (χ4v) is 3.69. The maximum atomic E-state index is 4.44. The number of aryl methyl sites for hydroxylation is 1. The highest BCUT2D eigenvalue weighted by molar-refractivity contribution is 5.10. The number of aromatic nitrogens is 2. The van der Waals surface area contributed by atoms with E-state index in [0.29, 0.717) is 5.41 Å². The number of hydrogen-bond donors (Lipinski definition) is 1. The van der Waals surface area contributed by atoms with Gasteiger partial charge in [-0.1, -0.05) is 0 Å². The quantitative estimate of drug-likeness (QED) is 0.888. The van der Waals surface area contributed by atoms with Gasteiger partial charge in [0, 0.05) is 44.1 Å². The number of likely N-dealkylation sites (tertiary alicyclic amines) is 1. The summed E-state index contributed by atoms with van der Waals surface area (Å²) in [7, 11) is 0. The van der Waals surface area contributed by atoms with Crippen LogP contribution in [0, 0.1) is 12.3 Å². The minimum absolute atomic E-state index is 0.644. The fourth-order valence-electron chi connectivity index (χ4n) is 3.69. The number of hydrogen-bond acceptors (Lipinski definition) is 4. The Morgan fingerprint density at radius 1 is 1.21 bits per heavy atom. The third kappa shape index (κ3) is 2.39. The first-order chi connectivity index (χ1) is 9.21. The summed E-state index contributed by atoms with van der Waals surface area (Å²) in [6.07, 6.45) is 9.37. The van der Waals surface area contributed by atoms with Crippen molar-refractivity contribution in [2.45, 2.75) is 51.2 Å². The highest BCUT2D eigenvalue weighted by Gasteiger charge is 2.52. The lowest BCUT2D eigenvalue weighted by atomic mass is 9.60. The summed E-state index contributed by atoms with van der Waals surface area (Å²) < 4.78 is 0. The van der Waals surface area contributed by atoms with Crippen LogP contribution in [0.3, 0.4) is 0 Å². The Balaban J connectivity index is 1.23. The van der Waals surface area contributed by atoms with Crippen LogP contribution in [0.15, 0.2) is 12.4 Å². The van der Waals surface area contributed by atoms with E-state index in [0.717, 1.165) is 30.0 Å². The van der Waals surface area contributed by atoms with E-state index in [9.17, 15) is 0 Å². The van der Waals surface area contributed by atoms with Crippen molar-refractivity contribution in [1.82, 2.24) is 20.2 Å². The lowest BCUT2D eigenvalue weighted by molar-refractivity contribution is -0.0837. The average Bonchev–Trinajstić information content (AvgIpc) is 3.10. The summed E-state index contributed by atoms with van der Waals surface area (Å²) in [4.78, 5) is 11.3. The van der Waals surface area contributed by atoms with Gasteiger partial charge in [0.15, 0.2) is 0 Å². The van der Waals surface area contributed by atoms with E-state index in [1.165, 1.54) is 38.8 Å². The standard InChI is InChI=1S/C15H22N4/c1-11-6-17-14(7-16-11)8-19-9-15(10-19)4-13(5-15)18-12-2-3-12/h6-7,12-13,18H,2-5,8-10H2,1H3. The highest BCUT2D eigenvalue weighted by Crippen LogP contribution is 2.49. The zero-order valence-corrected chi connectivity index (χ0v) is 11.6. The van der Waals surface area contributed by atoms with Gasteiger partial charge in [0.1, 0.15) is 0 Å². The summed E-state index contributed by atoms with van der Waals surface area (Å²) in [5, 5.41) is 3.74. The van der Waals surface area contributed by atoms with E-state index in [1.807, 2.05) is 19.3 Å². The van der Waals surface area contributed by atoms with Gasteiger partial charge in [0.25, 0.3) is 0 Å². The van der Waals surface area contributed by atoms with E-state index in [4.69, 9.17) is 0 Å². The molecule has 1 saturated heterocycles. The van der Waals surface area contributed by atoms with Crippen LogP contribution in [-0.4, -0.2) is 40.0 Å². The van der Waals surface area contributed by atoms with Crippen LogP contribution in [0.2, 0.25) is 0 Å². The molecule has 2 saturated carbocycles. The largest absolute Gasteiger partial charge is 0.311 e. The molecule has 0 amide bonds. The molecular weight excluding hydrogens is 236 g/mol. The van der Waals surface area contributed by atoms with Crippen molar-refractivity contribution < 1.29 is 0 Å². The van der Waals surface area contributed by atoms with Crippen LogP contribution in [0.5, 0.6) is 0 Å². The van der Waals surface area contributed by atoms with Crippen molar-refractivity contribution in [3.8, 4) is 0 Å². The molecule has 19 heavy (non-hydrogen) atoms. The van der Waals surface area contributed by atoms with Gasteiger partial charge in [0.2, 0.25) is 0 Å². The van der Waals surface area contributed by atoms with Gasteiger partial charge in [-0.2, -0.15) is 0 Å². The van der Waals surface area contributed by atoms with Crippen molar-refractivity contribution >= 4 is 0 Å². The van der Waals surface area contributed by atoms with Crippen LogP contribution in [0.4, 0.5) is 0 Å². The second kappa shape index (κ2) is 4.25.